The molecular formula is C9H9NO6S. The van der Waals surface area contributed by atoms with Crippen LogP contribution in [0.1, 0.15) is 13.3 Å². The van der Waals surface area contributed by atoms with Crippen molar-refractivity contribution in [2.45, 2.75) is 19.4 Å². The topological polar surface area (TPSA) is 112 Å². The van der Waals surface area contributed by atoms with Gasteiger partial charge in [-0.2, -0.15) is 8.42 Å². The maximum atomic E-state index is 11.5. The first-order valence-electron chi connectivity index (χ1n) is 4.72. The molecule has 8 heteroatoms. The second-order valence-corrected chi connectivity index (χ2v) is 5.13. The Labute approximate surface area is 96.8 Å². The highest BCUT2D eigenvalue weighted by Crippen LogP contribution is 2.43. The summed E-state index contributed by atoms with van der Waals surface area (Å²) in [5.74, 6) is -2.07. The van der Waals surface area contributed by atoms with Gasteiger partial charge in [-0.3, -0.25) is 14.2 Å². The van der Waals surface area contributed by atoms with Crippen molar-refractivity contribution in [2.24, 2.45) is 0 Å². The van der Waals surface area contributed by atoms with Gasteiger partial charge in [-0.15, -0.1) is 0 Å². The Balaban J connectivity index is 2.55. The van der Waals surface area contributed by atoms with Gasteiger partial charge < -0.3 is 5.11 Å². The van der Waals surface area contributed by atoms with Crippen molar-refractivity contribution in [1.29, 1.82) is 0 Å². The molecule has 2 heterocycles. The van der Waals surface area contributed by atoms with Crippen LogP contribution in [0, 0.1) is 0 Å². The minimum atomic E-state index is -4.60. The lowest BCUT2D eigenvalue weighted by Gasteiger charge is -2.37. The van der Waals surface area contributed by atoms with Crippen molar-refractivity contribution >= 4 is 22.0 Å². The zero-order valence-corrected chi connectivity index (χ0v) is 9.56. The predicted molar refractivity (Wildman–Crippen MR) is 55.2 cm³/mol. The van der Waals surface area contributed by atoms with Crippen LogP contribution in [0.2, 0.25) is 0 Å². The normalized spacial score (nSPS) is 26.2. The number of β-lactam (4-membered cyclic amide) rings is 1. The zero-order valence-electron chi connectivity index (χ0n) is 8.74. The molecule has 1 fully saturated rings. The van der Waals surface area contributed by atoms with Gasteiger partial charge in [0.2, 0.25) is 0 Å². The van der Waals surface area contributed by atoms with Crippen molar-refractivity contribution in [3.8, 4) is 0 Å². The van der Waals surface area contributed by atoms with Crippen LogP contribution < -0.4 is 0 Å². The number of carbonyl (C=O) groups is 2. The van der Waals surface area contributed by atoms with Gasteiger partial charge >= 0.3 is 5.97 Å². The molecule has 0 aromatic carbocycles. The van der Waals surface area contributed by atoms with E-state index in [0.717, 1.165) is 4.90 Å². The first-order valence-corrected chi connectivity index (χ1v) is 6.16. The number of nitrogens with zero attached hydrogens (tertiary/aromatic N) is 1. The van der Waals surface area contributed by atoms with Crippen molar-refractivity contribution in [3.63, 3.8) is 0 Å². The molecule has 1 atom stereocenters. The number of aliphatic carboxylic acids is 1. The molecule has 2 rings (SSSR count). The molecule has 17 heavy (non-hydrogen) atoms. The van der Waals surface area contributed by atoms with E-state index in [-0.39, 0.29) is 6.42 Å². The zero-order chi connectivity index (χ0) is 13.0. The van der Waals surface area contributed by atoms with Crippen molar-refractivity contribution in [2.75, 3.05) is 0 Å². The van der Waals surface area contributed by atoms with E-state index >= 15 is 0 Å². The SMILES string of the molecule is C/C=C1\C(=O)N2C(C(=O)O)=C(S(=O)(=O)O)CC12. The van der Waals surface area contributed by atoms with Crippen LogP contribution in [0.5, 0.6) is 0 Å². The van der Waals surface area contributed by atoms with Crippen LogP contribution in [0.4, 0.5) is 0 Å². The van der Waals surface area contributed by atoms with E-state index in [2.05, 4.69) is 0 Å². The fraction of sp³-hybridized carbons (Fsp3) is 0.333. The summed E-state index contributed by atoms with van der Waals surface area (Å²) in [6.45, 7) is 1.61. The summed E-state index contributed by atoms with van der Waals surface area (Å²) in [6.07, 6.45) is 1.32. The standard InChI is InChI=1S/C9H9NO6S/c1-2-4-5-3-6(17(14,15)16)7(9(12)13)10(5)8(4)11/h2,5H,3H2,1H3,(H,12,13)(H,14,15,16)/b4-2-. The second kappa shape index (κ2) is 3.41. The van der Waals surface area contributed by atoms with E-state index in [1.807, 2.05) is 0 Å². The number of allylic oxidation sites excluding steroid dienone is 1. The van der Waals surface area contributed by atoms with Gasteiger partial charge in [0.05, 0.1) is 6.04 Å². The summed E-state index contributed by atoms with van der Waals surface area (Å²) in [4.78, 5) is 22.8. The molecule has 1 saturated heterocycles. The number of carbonyl (C=O) groups excluding carboxylic acids is 1. The molecule has 0 spiro atoms. The molecule has 0 saturated carbocycles. The van der Waals surface area contributed by atoms with E-state index < -0.39 is 38.6 Å². The molecule has 0 aliphatic carbocycles. The van der Waals surface area contributed by atoms with Crippen molar-refractivity contribution < 1.29 is 27.7 Å². The number of rotatable bonds is 2. The first kappa shape index (κ1) is 11.8. The summed E-state index contributed by atoms with van der Waals surface area (Å²) in [5.41, 5.74) is -0.282. The van der Waals surface area contributed by atoms with E-state index in [1.54, 1.807) is 6.92 Å². The van der Waals surface area contributed by atoms with Gasteiger partial charge in [0.15, 0.2) is 0 Å². The van der Waals surface area contributed by atoms with Crippen LogP contribution in [0.25, 0.3) is 0 Å². The lowest BCUT2D eigenvalue weighted by molar-refractivity contribution is -0.142. The third kappa shape index (κ3) is 1.48. The Morgan fingerprint density at radius 1 is 1.53 bits per heavy atom. The summed E-state index contributed by atoms with van der Waals surface area (Å²) >= 11 is 0. The smallest absolute Gasteiger partial charge is 0.353 e. The predicted octanol–water partition coefficient (Wildman–Crippen LogP) is -0.269. The molecule has 92 valence electrons. The minimum Gasteiger partial charge on any atom is -0.477 e. The molecule has 0 aromatic rings. The van der Waals surface area contributed by atoms with Gasteiger partial charge in [0.25, 0.3) is 16.0 Å². The van der Waals surface area contributed by atoms with Gasteiger partial charge in [-0.1, -0.05) is 6.08 Å². The van der Waals surface area contributed by atoms with E-state index in [4.69, 9.17) is 9.66 Å². The highest BCUT2D eigenvalue weighted by Gasteiger charge is 2.53. The van der Waals surface area contributed by atoms with Crippen LogP contribution >= 0.6 is 0 Å². The van der Waals surface area contributed by atoms with Crippen LogP contribution in [-0.2, 0) is 19.7 Å². The molecule has 0 radical (unpaired) electrons. The third-order valence-corrected chi connectivity index (χ3v) is 3.83. The fourth-order valence-electron chi connectivity index (χ4n) is 2.13. The van der Waals surface area contributed by atoms with Crippen LogP contribution in [-0.4, -0.2) is 40.9 Å². The summed E-state index contributed by atoms with van der Waals surface area (Å²) in [5, 5.41) is 8.90. The average molecular weight is 259 g/mol. The largest absolute Gasteiger partial charge is 0.477 e. The third-order valence-electron chi connectivity index (χ3n) is 2.85. The molecule has 1 unspecified atom stereocenters. The van der Waals surface area contributed by atoms with Gasteiger partial charge in [-0.25, -0.2) is 4.79 Å². The summed E-state index contributed by atoms with van der Waals surface area (Å²) in [6, 6.07) is -0.587. The van der Waals surface area contributed by atoms with Crippen molar-refractivity contribution in [1.82, 2.24) is 4.90 Å². The number of carboxylic acid groups (broad SMARTS) is 1. The number of hydrogen-bond acceptors (Lipinski definition) is 4. The monoisotopic (exact) mass is 259 g/mol. The highest BCUT2D eigenvalue weighted by atomic mass is 32.2. The Morgan fingerprint density at radius 2 is 2.12 bits per heavy atom. The van der Waals surface area contributed by atoms with E-state index in [0.29, 0.717) is 5.57 Å². The molecule has 1 amide bonds. The van der Waals surface area contributed by atoms with Crippen LogP contribution in [0.15, 0.2) is 22.3 Å². The quantitative estimate of drug-likeness (QED) is 0.401. The molecule has 2 aliphatic rings. The molecule has 7 nitrogen and oxygen atoms in total. The average Bonchev–Trinajstić information content (AvgIpc) is 2.53. The number of carboxylic acids is 1. The summed E-state index contributed by atoms with van der Waals surface area (Å²) < 4.78 is 31.0. The number of amides is 1. The molecular weight excluding hydrogens is 250 g/mol. The molecule has 0 aromatic heterocycles. The van der Waals surface area contributed by atoms with E-state index in [1.165, 1.54) is 6.08 Å². The van der Waals surface area contributed by atoms with Crippen molar-refractivity contribution in [3.05, 3.63) is 22.3 Å². The van der Waals surface area contributed by atoms with E-state index in [9.17, 15) is 18.0 Å². The number of hydrogen-bond donors (Lipinski definition) is 2. The van der Waals surface area contributed by atoms with Gasteiger partial charge in [0.1, 0.15) is 10.6 Å². The van der Waals surface area contributed by atoms with Gasteiger partial charge in [0, 0.05) is 12.0 Å². The Morgan fingerprint density at radius 3 is 2.53 bits per heavy atom. The summed E-state index contributed by atoms with van der Waals surface area (Å²) in [7, 11) is -4.60. The van der Waals surface area contributed by atoms with Gasteiger partial charge in [-0.05, 0) is 6.92 Å². The molecule has 0 bridgehead atoms. The lowest BCUT2D eigenvalue weighted by atomic mass is 9.94. The first-order chi connectivity index (χ1) is 7.79. The maximum Gasteiger partial charge on any atom is 0.353 e. The molecule has 2 aliphatic heterocycles. The Kier molecular flexibility index (Phi) is 2.37. The second-order valence-electron chi connectivity index (χ2n) is 3.69. The Bertz CT molecular complexity index is 585. The Hall–Kier alpha value is -1.67. The molecule has 2 N–H and O–H groups in total. The fourth-order valence-corrected chi connectivity index (χ4v) is 2.93. The minimum absolute atomic E-state index is 0.189. The highest BCUT2D eigenvalue weighted by molar-refractivity contribution is 7.89. The van der Waals surface area contributed by atoms with Crippen LogP contribution in [0.3, 0.4) is 0 Å². The number of fused-ring (bicyclic) bond motifs is 1. The lowest BCUT2D eigenvalue weighted by Crippen LogP contribution is -2.52. The maximum absolute atomic E-state index is 11.5.